The normalized spacial score (nSPS) is 12.1. The Morgan fingerprint density at radius 3 is 2.50 bits per heavy atom. The van der Waals surface area contributed by atoms with Gasteiger partial charge in [-0.05, 0) is 25.1 Å². The van der Waals surface area contributed by atoms with E-state index in [0.29, 0.717) is 30.2 Å². The lowest BCUT2D eigenvalue weighted by Gasteiger charge is -2.18. The van der Waals surface area contributed by atoms with E-state index >= 15 is 0 Å². The van der Waals surface area contributed by atoms with Crippen LogP contribution < -0.4 is 0 Å². The molecule has 0 saturated heterocycles. The third kappa shape index (κ3) is 4.32. The average Bonchev–Trinajstić information content (AvgIpc) is 3.42. The van der Waals surface area contributed by atoms with E-state index in [2.05, 4.69) is 9.55 Å². The van der Waals surface area contributed by atoms with Crippen LogP contribution >= 0.6 is 11.8 Å². The molecule has 2 heterocycles. The lowest BCUT2D eigenvalue weighted by molar-refractivity contribution is 0.445. The van der Waals surface area contributed by atoms with Crippen LogP contribution in [0, 0.1) is 0 Å². The zero-order valence-electron chi connectivity index (χ0n) is 18.4. The zero-order chi connectivity index (χ0) is 22.7. The molecule has 9 heteroatoms. The van der Waals surface area contributed by atoms with Gasteiger partial charge in [0, 0.05) is 25.2 Å². The van der Waals surface area contributed by atoms with Crippen molar-refractivity contribution in [1.82, 2.24) is 18.8 Å². The second-order valence-electron chi connectivity index (χ2n) is 7.15. The summed E-state index contributed by atoms with van der Waals surface area (Å²) in [5, 5.41) is 0.805. The molecular weight excluding hydrogens is 444 g/mol. The quantitative estimate of drug-likeness (QED) is 0.319. The van der Waals surface area contributed by atoms with Gasteiger partial charge in [0.05, 0.1) is 27.9 Å². The Morgan fingerprint density at radius 1 is 1.06 bits per heavy atom. The number of hydrogen-bond donors (Lipinski definition) is 0. The molecule has 0 aliphatic carbocycles. The Hall–Kier alpha value is -2.62. The summed E-state index contributed by atoms with van der Waals surface area (Å²) in [6.07, 6.45) is 1.73. The number of hydrogen-bond acceptors (Lipinski definition) is 6. The van der Waals surface area contributed by atoms with Crippen LogP contribution in [0.3, 0.4) is 0 Å². The van der Waals surface area contributed by atoms with E-state index in [9.17, 15) is 8.42 Å². The van der Waals surface area contributed by atoms with Gasteiger partial charge in [0.1, 0.15) is 0 Å². The number of rotatable bonds is 9. The molecular formula is C23H26N4O3S2. The van der Waals surface area contributed by atoms with Gasteiger partial charge in [-0.1, -0.05) is 55.9 Å². The predicted octanol–water partition coefficient (Wildman–Crippen LogP) is 5.03. The minimum Gasteiger partial charge on any atom is -0.440 e. The summed E-state index contributed by atoms with van der Waals surface area (Å²) >= 11 is 1.52. The maximum absolute atomic E-state index is 12.9. The van der Waals surface area contributed by atoms with Gasteiger partial charge in [0.2, 0.25) is 15.9 Å². The van der Waals surface area contributed by atoms with Crippen LogP contribution in [0.1, 0.15) is 26.7 Å². The van der Waals surface area contributed by atoms with Crippen molar-refractivity contribution >= 4 is 32.8 Å². The van der Waals surface area contributed by atoms with Crippen LogP contribution in [0.4, 0.5) is 0 Å². The van der Waals surface area contributed by atoms with E-state index in [1.807, 2.05) is 57.2 Å². The largest absolute Gasteiger partial charge is 0.440 e. The summed E-state index contributed by atoms with van der Waals surface area (Å²) in [5.41, 5.74) is 2.56. The third-order valence-electron chi connectivity index (χ3n) is 5.28. The molecule has 0 aliphatic rings. The van der Waals surface area contributed by atoms with E-state index < -0.39 is 10.0 Å². The number of aryl methyl sites for hydroxylation is 1. The SMILES string of the molecule is CCN(CC)S(=O)(=O)c1ccc2c(c1)nc(SCc1ncc(-c3ccccc3)o1)n2CC. The number of fused-ring (bicyclic) bond motifs is 1. The number of imidazole rings is 1. The fourth-order valence-electron chi connectivity index (χ4n) is 3.62. The smallest absolute Gasteiger partial charge is 0.243 e. The van der Waals surface area contributed by atoms with Gasteiger partial charge in [-0.3, -0.25) is 0 Å². The highest BCUT2D eigenvalue weighted by molar-refractivity contribution is 7.98. The molecule has 0 aliphatic heterocycles. The van der Waals surface area contributed by atoms with E-state index in [-0.39, 0.29) is 4.90 Å². The number of oxazole rings is 1. The molecule has 32 heavy (non-hydrogen) atoms. The predicted molar refractivity (Wildman–Crippen MR) is 127 cm³/mol. The van der Waals surface area contributed by atoms with E-state index in [1.165, 1.54) is 16.1 Å². The Morgan fingerprint density at radius 2 is 1.81 bits per heavy atom. The first-order valence-corrected chi connectivity index (χ1v) is 13.0. The van der Waals surface area contributed by atoms with Gasteiger partial charge in [-0.2, -0.15) is 4.31 Å². The monoisotopic (exact) mass is 470 g/mol. The van der Waals surface area contributed by atoms with Crippen LogP contribution in [-0.4, -0.2) is 40.3 Å². The van der Waals surface area contributed by atoms with Crippen molar-refractivity contribution in [1.29, 1.82) is 0 Å². The lowest BCUT2D eigenvalue weighted by atomic mass is 10.2. The minimum absolute atomic E-state index is 0.270. The van der Waals surface area contributed by atoms with Crippen LogP contribution in [0.25, 0.3) is 22.4 Å². The number of nitrogens with zero attached hydrogens (tertiary/aromatic N) is 4. The van der Waals surface area contributed by atoms with Gasteiger partial charge in [0.25, 0.3) is 0 Å². The first-order chi connectivity index (χ1) is 15.5. The van der Waals surface area contributed by atoms with Gasteiger partial charge in [-0.25, -0.2) is 18.4 Å². The second-order valence-corrected chi connectivity index (χ2v) is 10.0. The van der Waals surface area contributed by atoms with Gasteiger partial charge < -0.3 is 8.98 Å². The van der Waals surface area contributed by atoms with Crippen molar-refractivity contribution in [2.24, 2.45) is 0 Å². The van der Waals surface area contributed by atoms with Crippen LogP contribution in [-0.2, 0) is 22.3 Å². The van der Waals surface area contributed by atoms with Crippen LogP contribution in [0.5, 0.6) is 0 Å². The number of aromatic nitrogens is 3. The van der Waals surface area contributed by atoms with Crippen LogP contribution in [0.2, 0.25) is 0 Å². The molecule has 0 saturated carbocycles. The maximum atomic E-state index is 12.9. The summed E-state index contributed by atoms with van der Waals surface area (Å²) in [6.45, 7) is 7.31. The topological polar surface area (TPSA) is 81.2 Å². The van der Waals surface area contributed by atoms with E-state index in [1.54, 1.807) is 18.3 Å². The van der Waals surface area contributed by atoms with Gasteiger partial charge >= 0.3 is 0 Å². The summed E-state index contributed by atoms with van der Waals surface area (Å²) < 4.78 is 35.2. The molecule has 0 radical (unpaired) electrons. The van der Waals surface area contributed by atoms with E-state index in [0.717, 1.165) is 28.5 Å². The number of thioether (sulfide) groups is 1. The molecule has 168 valence electrons. The molecule has 2 aromatic carbocycles. The fourth-order valence-corrected chi connectivity index (χ4v) is 6.03. The molecule has 0 unspecified atom stereocenters. The highest BCUT2D eigenvalue weighted by Gasteiger charge is 2.23. The average molecular weight is 471 g/mol. The Bertz CT molecular complexity index is 1310. The summed E-state index contributed by atoms with van der Waals surface area (Å²) in [5.74, 6) is 1.88. The first-order valence-electron chi connectivity index (χ1n) is 10.6. The Labute approximate surface area is 192 Å². The third-order valence-corrected chi connectivity index (χ3v) is 8.29. The number of benzene rings is 2. The van der Waals surface area contributed by atoms with Crippen molar-refractivity contribution in [3.05, 3.63) is 60.6 Å². The van der Waals surface area contributed by atoms with Crippen molar-refractivity contribution in [3.63, 3.8) is 0 Å². The van der Waals surface area contributed by atoms with Crippen LogP contribution in [0.15, 0.2) is 69.2 Å². The molecule has 0 fully saturated rings. The summed E-state index contributed by atoms with van der Waals surface area (Å²) in [4.78, 5) is 9.38. The standard InChI is InChI=1S/C23H26N4O3S2/c1-4-26(5-2)32(28,29)18-12-13-20-19(14-18)25-23(27(20)6-3)31-16-22-24-15-21(30-22)17-10-8-7-9-11-17/h7-15H,4-6,16H2,1-3H3. The molecule has 4 aromatic rings. The van der Waals surface area contributed by atoms with Crippen molar-refractivity contribution in [2.75, 3.05) is 13.1 Å². The van der Waals surface area contributed by atoms with Crippen molar-refractivity contribution < 1.29 is 12.8 Å². The highest BCUT2D eigenvalue weighted by Crippen LogP contribution is 2.30. The molecule has 7 nitrogen and oxygen atoms in total. The summed E-state index contributed by atoms with van der Waals surface area (Å²) in [6, 6.07) is 15.0. The second kappa shape index (κ2) is 9.48. The Kier molecular flexibility index (Phi) is 6.68. The summed E-state index contributed by atoms with van der Waals surface area (Å²) in [7, 11) is -3.53. The molecule has 0 bridgehead atoms. The number of sulfonamides is 1. The van der Waals surface area contributed by atoms with Gasteiger partial charge in [0.15, 0.2) is 10.9 Å². The molecule has 0 spiro atoms. The molecule has 0 amide bonds. The van der Waals surface area contributed by atoms with Crippen molar-refractivity contribution in [3.8, 4) is 11.3 Å². The highest BCUT2D eigenvalue weighted by atomic mass is 32.2. The molecule has 2 aromatic heterocycles. The minimum atomic E-state index is -3.53. The first kappa shape index (κ1) is 22.6. The zero-order valence-corrected chi connectivity index (χ0v) is 20.0. The lowest BCUT2D eigenvalue weighted by Crippen LogP contribution is -2.30. The van der Waals surface area contributed by atoms with E-state index in [4.69, 9.17) is 9.40 Å². The molecule has 0 atom stereocenters. The molecule has 4 rings (SSSR count). The molecule has 0 N–H and O–H groups in total. The Balaban J connectivity index is 1.59. The van der Waals surface area contributed by atoms with Crippen molar-refractivity contribution in [2.45, 2.75) is 43.1 Å². The fraction of sp³-hybridized carbons (Fsp3) is 0.304. The maximum Gasteiger partial charge on any atom is 0.243 e. The van der Waals surface area contributed by atoms with Gasteiger partial charge in [-0.15, -0.1) is 0 Å².